The molecule has 18 rings (SSSR count). The lowest BCUT2D eigenvalue weighted by atomic mass is 9.96. The number of carbonyl (C=O) groups is 2. The highest BCUT2D eigenvalue weighted by Crippen LogP contribution is 2.38. The second-order valence-corrected chi connectivity index (χ2v) is 40.1. The van der Waals surface area contributed by atoms with Crippen molar-refractivity contribution in [3.8, 4) is 0 Å². The molecule has 0 bridgehead atoms. The number of morpholine rings is 3. The van der Waals surface area contributed by atoms with Crippen LogP contribution in [0.3, 0.4) is 0 Å². The largest absolute Gasteiger partial charge is 0.381 e. The Labute approximate surface area is 912 Å². The second kappa shape index (κ2) is 91.4. The lowest BCUT2D eigenvalue weighted by Gasteiger charge is -2.36. The van der Waals surface area contributed by atoms with Crippen LogP contribution in [0.2, 0.25) is 0 Å². The zero-order valence-corrected chi connectivity index (χ0v) is 88.0. The second-order valence-electron chi connectivity index (χ2n) is 40.1. The fraction of sp³-hybridized carbons (Fsp3) is 0.762. The Hall–Kier alpha value is -6.02. The zero-order valence-electron chi connectivity index (χ0n) is 88.0. The van der Waals surface area contributed by atoms with Crippen LogP contribution in [-0.2, 0) is 74.1 Å². The first-order valence-corrected chi connectivity index (χ1v) is 55.2. The van der Waals surface area contributed by atoms with Gasteiger partial charge < -0.3 is 63.9 Å². The van der Waals surface area contributed by atoms with Gasteiger partial charge in [0.05, 0.1) is 56.2 Å². The van der Waals surface area contributed by atoms with Crippen molar-refractivity contribution in [1.29, 1.82) is 0 Å². The number of piperidine rings is 2. The van der Waals surface area contributed by atoms with Crippen molar-refractivity contribution in [3.63, 3.8) is 0 Å². The van der Waals surface area contributed by atoms with E-state index in [1.54, 1.807) is 0 Å². The molecule has 6 atom stereocenters. The number of pyridine rings is 2. The van der Waals surface area contributed by atoms with Gasteiger partial charge in [-0.15, -0.1) is 0 Å². The highest BCUT2D eigenvalue weighted by Gasteiger charge is 2.36. The molecule has 2 N–H and O–H groups in total. The van der Waals surface area contributed by atoms with Crippen molar-refractivity contribution >= 4 is 23.3 Å². The van der Waals surface area contributed by atoms with Gasteiger partial charge in [-0.3, -0.25) is 34.2 Å². The molecule has 6 unspecified atom stereocenters. The van der Waals surface area contributed by atoms with Gasteiger partial charge in [-0.1, -0.05) is 269 Å². The highest BCUT2D eigenvalue weighted by atomic mass is 16.5. The third-order valence-electron chi connectivity index (χ3n) is 28.2. The van der Waals surface area contributed by atoms with Crippen LogP contribution in [0.1, 0.15) is 372 Å². The summed E-state index contributed by atoms with van der Waals surface area (Å²) in [6.45, 7) is 70.6. The molecule has 21 heteroatoms. The van der Waals surface area contributed by atoms with E-state index in [1.165, 1.54) is 284 Å². The van der Waals surface area contributed by atoms with Crippen LogP contribution < -0.4 is 20.4 Å². The van der Waals surface area contributed by atoms with E-state index in [1.807, 2.05) is 59.8 Å². The molecule has 2 amide bonds. The summed E-state index contributed by atoms with van der Waals surface area (Å²) >= 11 is 0. The Morgan fingerprint density at radius 3 is 1.31 bits per heavy atom. The number of anilines is 2. The minimum absolute atomic E-state index is 0. The third-order valence-corrected chi connectivity index (χ3v) is 28.2. The van der Waals surface area contributed by atoms with Crippen molar-refractivity contribution in [3.05, 3.63) is 155 Å². The number of hydrogen-bond donors (Lipinski definition) is 2. The van der Waals surface area contributed by atoms with Gasteiger partial charge in [0.25, 0.3) is 0 Å². The van der Waals surface area contributed by atoms with Crippen LogP contribution in [0.15, 0.2) is 116 Å². The van der Waals surface area contributed by atoms with E-state index in [-0.39, 0.29) is 107 Å². The maximum absolute atomic E-state index is 12.3. The normalized spacial score (nSPS) is 20.4. The van der Waals surface area contributed by atoms with Gasteiger partial charge >= 0.3 is 0 Å². The molecule has 858 valence electrons. The topological polar surface area (TPSA) is 157 Å². The summed E-state index contributed by atoms with van der Waals surface area (Å²) in [7, 11) is 0. The molecular formula is C126H243N15O6. The summed E-state index contributed by atoms with van der Waals surface area (Å²) in [5.41, 5.74) is 11.3. The standard InChI is InChI=1S/C16H24N2O.C13H24N2O2.2C11H15N.2C10H14N2.C10H19N.2C9H19NO.C8H17N.C7H15NO.12CH4/c1-2-10-18-11-6-9-15(13-18)16(19)17-12-14-7-4-3-5-8-14;1-2-5-14-6-3-4-12(11-14)13(16)15-7-9-17-10-8-15;1-2-8-12-9-7-10-5-3-4-6-11(10)12;1-2-7-12-8-10-5-3-4-6-11(10)9-12;1-2-7-12-8-5-9-4-3-6-11-10(9)12;1-2-6-12-7-9-4-3-5-11-10(9)8-12;1-2-6-11-7-9-4-3-5-10(9)8-11;1-4-5-10-6-8(2)11-9(3)7-10;1-2-3-6-10-9-4-7-11-8-5-9;1-2-3-6-9-7-4-5-8-9;1-2-3-8-4-6-9-7-5-8;;;;;;;;;;;;/h3-5,7-8,15H,2,6,9-13H2,1H3,(H,17,19);12H,2-11H2,1H3;2*3-6H,2,7-9H2,1H3;3-4,6H,2,5,7-8H2,1H3;3-5H,2,6-8H2,1H3;9-10H,2-8H2,1H3;8-9H,4-7H2,1-3H3;9-10H,2-8H2,1H3;2-8H2,1H3;2-7H2,1H3;12*1H4. The molecule has 1 aliphatic carbocycles. The maximum atomic E-state index is 12.3. The predicted molar refractivity (Wildman–Crippen MR) is 647 cm³/mol. The molecule has 21 nitrogen and oxygen atoms in total. The summed E-state index contributed by atoms with van der Waals surface area (Å²) in [4.78, 5) is 60.1. The smallest absolute Gasteiger partial charge is 0.227 e. The lowest BCUT2D eigenvalue weighted by Crippen LogP contribution is -2.48. The van der Waals surface area contributed by atoms with Crippen LogP contribution in [-0.4, -0.2) is 300 Å². The van der Waals surface area contributed by atoms with E-state index in [2.05, 4.69) is 220 Å². The number of benzene rings is 3. The number of para-hydroxylation sites is 1. The van der Waals surface area contributed by atoms with Crippen molar-refractivity contribution in [1.82, 2.24) is 64.7 Å². The molecule has 0 radical (unpaired) electrons. The third kappa shape index (κ3) is 58.2. The average molecular weight is 2060 g/mol. The Kier molecular flexibility index (Phi) is 92.9. The van der Waals surface area contributed by atoms with Crippen molar-refractivity contribution in [2.24, 2.45) is 23.7 Å². The predicted octanol–water partition coefficient (Wildman–Crippen LogP) is 27.4. The molecule has 2 aromatic heterocycles. The molecule has 5 aromatic rings. The minimum Gasteiger partial charge on any atom is -0.381 e. The molecule has 12 aliphatic heterocycles. The number of unbranched alkanes of at least 4 members (excludes halogenated alkanes) is 2. The number of nitrogens with one attached hydrogen (secondary N) is 2. The summed E-state index contributed by atoms with van der Waals surface area (Å²) < 4.78 is 21.4. The number of fused-ring (bicyclic) bond motifs is 5. The van der Waals surface area contributed by atoms with Gasteiger partial charge in [-0.25, -0.2) is 4.98 Å². The van der Waals surface area contributed by atoms with Gasteiger partial charge in [0.15, 0.2) is 0 Å². The Morgan fingerprint density at radius 2 is 0.762 bits per heavy atom. The maximum Gasteiger partial charge on any atom is 0.227 e. The molecule has 0 spiro atoms. The van der Waals surface area contributed by atoms with Crippen LogP contribution >= 0.6 is 0 Å². The fourth-order valence-corrected chi connectivity index (χ4v) is 21.4. The number of ether oxygens (including phenoxy) is 4. The summed E-state index contributed by atoms with van der Waals surface area (Å²) in [6.07, 6.45) is 37.7. The summed E-state index contributed by atoms with van der Waals surface area (Å²) in [6, 6.07) is 36.7. The van der Waals surface area contributed by atoms with Crippen LogP contribution in [0.4, 0.5) is 11.5 Å². The molecule has 1 saturated carbocycles. The zero-order chi connectivity index (χ0) is 96.1. The molecule has 147 heavy (non-hydrogen) atoms. The van der Waals surface area contributed by atoms with Gasteiger partial charge in [-0.2, -0.15) is 0 Å². The number of aromatic nitrogens is 2. The number of hydrogen-bond acceptors (Lipinski definition) is 19. The molecule has 9 fully saturated rings. The Bertz CT molecular complexity index is 3610. The van der Waals surface area contributed by atoms with Crippen LogP contribution in [0.25, 0.3) is 0 Å². The number of likely N-dealkylation sites (tertiary alicyclic amines) is 4. The first-order chi connectivity index (χ1) is 66.1. The van der Waals surface area contributed by atoms with Gasteiger partial charge in [0.2, 0.25) is 11.8 Å². The quantitative estimate of drug-likeness (QED) is 0.0435. The van der Waals surface area contributed by atoms with Crippen LogP contribution in [0, 0.1) is 23.7 Å². The van der Waals surface area contributed by atoms with E-state index < -0.39 is 0 Å². The molecule has 14 heterocycles. The number of nitrogens with zero attached hydrogens (tertiary/aromatic N) is 13. The number of amides is 2. The lowest BCUT2D eigenvalue weighted by molar-refractivity contribution is -0.141. The SMILES string of the molecule is C.C.C.C.C.C.C.C.C.C.C.C.CCCCN1CCCC1.CCCCNC1CCOCC1.CCCN1CC(C)OC(C)C1.CCCN1CC2CCCC2C1.CCCN1CCCC(C(=O)N2CCOCC2)C1.CCCN1CCCC(C(=O)NCc2ccccc2)C1.CCCN1CCOCC1.CCCN1CCc2ccccc21.CCCN1CCc2cccnc21.CCCN1Cc2ccccc2C1.CCCN1Cc2cccnc2C1. The van der Waals surface area contributed by atoms with E-state index in [4.69, 9.17) is 18.9 Å². The molecule has 13 aliphatic rings. The van der Waals surface area contributed by atoms with Gasteiger partial charge in [0.1, 0.15) is 5.82 Å². The first kappa shape index (κ1) is 149. The number of carbonyl (C=O) groups excluding carboxylic acids is 2. The minimum atomic E-state index is 0. The van der Waals surface area contributed by atoms with E-state index in [0.29, 0.717) is 37.9 Å². The monoisotopic (exact) mass is 2060 g/mol. The van der Waals surface area contributed by atoms with Crippen LogP contribution in [0.5, 0.6) is 0 Å². The summed E-state index contributed by atoms with van der Waals surface area (Å²) in [5, 5.41) is 6.61. The Morgan fingerprint density at radius 1 is 0.340 bits per heavy atom. The highest BCUT2D eigenvalue weighted by molar-refractivity contribution is 5.79. The van der Waals surface area contributed by atoms with E-state index in [9.17, 15) is 9.59 Å². The van der Waals surface area contributed by atoms with Crippen molar-refractivity contribution < 1.29 is 28.5 Å². The van der Waals surface area contributed by atoms with Crippen molar-refractivity contribution in [2.45, 2.75) is 397 Å². The van der Waals surface area contributed by atoms with Crippen molar-refractivity contribution in [2.75, 3.05) is 226 Å². The van der Waals surface area contributed by atoms with E-state index in [0.717, 1.165) is 180 Å². The van der Waals surface area contributed by atoms with Gasteiger partial charge in [-0.05, 0) is 310 Å². The first-order valence-electron chi connectivity index (χ1n) is 55.2. The van der Waals surface area contributed by atoms with E-state index >= 15 is 0 Å². The number of rotatable bonds is 29. The molecule has 3 aromatic carbocycles. The van der Waals surface area contributed by atoms with Gasteiger partial charge in [0, 0.05) is 162 Å². The molecular weight excluding hydrogens is 1820 g/mol. The average Bonchev–Trinajstić information content (AvgIpc) is 1.67. The summed E-state index contributed by atoms with van der Waals surface area (Å²) in [5.74, 6) is 4.35. The fourth-order valence-electron chi connectivity index (χ4n) is 21.4. The Balaban J connectivity index is -0.000000502. The molecule has 8 saturated heterocycles.